The molecule has 1 aliphatic rings. The van der Waals surface area contributed by atoms with E-state index in [0.29, 0.717) is 17.4 Å². The zero-order valence-corrected chi connectivity index (χ0v) is 14.0. The van der Waals surface area contributed by atoms with Gasteiger partial charge in [-0.05, 0) is 36.9 Å². The molecule has 0 spiro atoms. The molecule has 1 amide bonds. The van der Waals surface area contributed by atoms with Crippen molar-refractivity contribution in [3.05, 3.63) is 42.1 Å². The van der Waals surface area contributed by atoms with Crippen LogP contribution in [-0.2, 0) is 0 Å². The van der Waals surface area contributed by atoms with Gasteiger partial charge < -0.3 is 10.2 Å². The molecule has 4 nitrogen and oxygen atoms in total. The third-order valence-electron chi connectivity index (χ3n) is 4.44. The van der Waals surface area contributed by atoms with E-state index in [9.17, 15) is 4.79 Å². The monoisotopic (exact) mass is 311 g/mol. The third-order valence-corrected chi connectivity index (χ3v) is 4.44. The van der Waals surface area contributed by atoms with Crippen LogP contribution in [0.4, 0.5) is 0 Å². The normalized spacial score (nSPS) is 18.7. The lowest BCUT2D eigenvalue weighted by Gasteiger charge is -2.18. The molecule has 0 bridgehead atoms. The van der Waals surface area contributed by atoms with Gasteiger partial charge in [0.05, 0.1) is 11.1 Å². The van der Waals surface area contributed by atoms with Gasteiger partial charge in [0.15, 0.2) is 0 Å². The molecule has 1 saturated heterocycles. The van der Waals surface area contributed by atoms with Crippen molar-refractivity contribution in [3.63, 3.8) is 0 Å². The van der Waals surface area contributed by atoms with Crippen LogP contribution in [-0.4, -0.2) is 42.0 Å². The molecule has 0 unspecified atom stereocenters. The second kappa shape index (κ2) is 7.09. The van der Waals surface area contributed by atoms with Gasteiger partial charge in [0.1, 0.15) is 0 Å². The van der Waals surface area contributed by atoms with Gasteiger partial charge in [-0.3, -0.25) is 9.78 Å². The van der Waals surface area contributed by atoms with Gasteiger partial charge in [-0.1, -0.05) is 32.0 Å². The maximum Gasteiger partial charge on any atom is 0.252 e. The number of nitrogens with one attached hydrogen (secondary N) is 1. The van der Waals surface area contributed by atoms with Gasteiger partial charge in [0, 0.05) is 31.2 Å². The van der Waals surface area contributed by atoms with Crippen LogP contribution in [0, 0.1) is 11.8 Å². The highest BCUT2D eigenvalue weighted by molar-refractivity contribution is 6.05. The first-order valence-electron chi connectivity index (χ1n) is 8.48. The Bertz CT molecular complexity index is 678. The van der Waals surface area contributed by atoms with Crippen molar-refractivity contribution < 1.29 is 4.79 Å². The van der Waals surface area contributed by atoms with E-state index in [1.165, 1.54) is 6.42 Å². The van der Waals surface area contributed by atoms with E-state index in [1.54, 1.807) is 12.3 Å². The van der Waals surface area contributed by atoms with Gasteiger partial charge in [0.25, 0.3) is 5.91 Å². The first-order valence-corrected chi connectivity index (χ1v) is 8.48. The highest BCUT2D eigenvalue weighted by Gasteiger charge is 2.23. The van der Waals surface area contributed by atoms with E-state index in [-0.39, 0.29) is 5.91 Å². The Kier molecular flexibility index (Phi) is 4.91. The van der Waals surface area contributed by atoms with Crippen molar-refractivity contribution in [1.29, 1.82) is 0 Å². The summed E-state index contributed by atoms with van der Waals surface area (Å²) in [4.78, 5) is 19.3. The molecule has 1 fully saturated rings. The predicted molar refractivity (Wildman–Crippen MR) is 93.5 cm³/mol. The fourth-order valence-corrected chi connectivity index (χ4v) is 3.39. The summed E-state index contributed by atoms with van der Waals surface area (Å²) in [5.41, 5.74) is 1.58. The van der Waals surface area contributed by atoms with E-state index in [2.05, 4.69) is 29.0 Å². The van der Waals surface area contributed by atoms with Crippen molar-refractivity contribution in [2.45, 2.75) is 20.3 Å². The molecule has 2 aromatic rings. The molecule has 1 aromatic heterocycles. The molecule has 0 saturated carbocycles. The number of carbonyl (C=O) groups excluding carboxylic acids is 1. The average molecular weight is 311 g/mol. The molecule has 1 atom stereocenters. The SMILES string of the molecule is CC(C)CN1CC[C@@H](CNC(=O)c2ccnc3ccccc23)C1. The van der Waals surface area contributed by atoms with E-state index < -0.39 is 0 Å². The lowest BCUT2D eigenvalue weighted by atomic mass is 10.1. The fourth-order valence-electron chi connectivity index (χ4n) is 3.39. The van der Waals surface area contributed by atoms with Crippen LogP contribution in [0.25, 0.3) is 10.9 Å². The smallest absolute Gasteiger partial charge is 0.252 e. The van der Waals surface area contributed by atoms with Crippen LogP contribution < -0.4 is 5.32 Å². The van der Waals surface area contributed by atoms with Crippen LogP contribution in [0.15, 0.2) is 36.5 Å². The topological polar surface area (TPSA) is 45.2 Å². The standard InChI is InChI=1S/C19H25N3O/c1-14(2)12-22-10-8-15(13-22)11-21-19(23)17-7-9-20-18-6-4-3-5-16(17)18/h3-7,9,14-15H,8,10-13H2,1-2H3,(H,21,23)/t15-/m0/s1. The van der Waals surface area contributed by atoms with Crippen molar-refractivity contribution in [1.82, 2.24) is 15.2 Å². The Balaban J connectivity index is 1.59. The molecule has 1 N–H and O–H groups in total. The second-order valence-electron chi connectivity index (χ2n) is 6.89. The molecule has 2 heterocycles. The van der Waals surface area contributed by atoms with Crippen molar-refractivity contribution >= 4 is 16.8 Å². The molecule has 0 aliphatic carbocycles. The number of fused-ring (bicyclic) bond motifs is 1. The van der Waals surface area contributed by atoms with Crippen molar-refractivity contribution in [2.24, 2.45) is 11.8 Å². The van der Waals surface area contributed by atoms with Gasteiger partial charge >= 0.3 is 0 Å². The van der Waals surface area contributed by atoms with Crippen molar-refractivity contribution in [3.8, 4) is 0 Å². The van der Waals surface area contributed by atoms with Crippen LogP contribution in [0.3, 0.4) is 0 Å². The lowest BCUT2D eigenvalue weighted by molar-refractivity contribution is 0.0949. The summed E-state index contributed by atoms with van der Waals surface area (Å²) >= 11 is 0. The minimum absolute atomic E-state index is 0.00547. The Hall–Kier alpha value is -1.94. The van der Waals surface area contributed by atoms with Crippen LogP contribution >= 0.6 is 0 Å². The van der Waals surface area contributed by atoms with Crippen LogP contribution in [0.5, 0.6) is 0 Å². The molecular formula is C19H25N3O. The average Bonchev–Trinajstić information content (AvgIpc) is 2.98. The van der Waals surface area contributed by atoms with Crippen LogP contribution in [0.2, 0.25) is 0 Å². The Morgan fingerprint density at radius 2 is 2.17 bits per heavy atom. The van der Waals surface area contributed by atoms with Gasteiger partial charge in [0.2, 0.25) is 0 Å². The van der Waals surface area contributed by atoms with Crippen LogP contribution in [0.1, 0.15) is 30.6 Å². The number of rotatable bonds is 5. The second-order valence-corrected chi connectivity index (χ2v) is 6.89. The predicted octanol–water partition coefficient (Wildman–Crippen LogP) is 2.94. The van der Waals surface area contributed by atoms with Crippen molar-refractivity contribution in [2.75, 3.05) is 26.2 Å². The molecule has 122 valence electrons. The summed E-state index contributed by atoms with van der Waals surface area (Å²) < 4.78 is 0. The highest BCUT2D eigenvalue weighted by atomic mass is 16.1. The maximum absolute atomic E-state index is 12.5. The zero-order chi connectivity index (χ0) is 16.2. The number of pyridine rings is 1. The summed E-state index contributed by atoms with van der Waals surface area (Å²) in [7, 11) is 0. The third kappa shape index (κ3) is 3.88. The summed E-state index contributed by atoms with van der Waals surface area (Å²) in [5, 5.41) is 4.03. The number of benzene rings is 1. The summed E-state index contributed by atoms with van der Waals surface area (Å²) in [6.07, 6.45) is 2.88. The summed E-state index contributed by atoms with van der Waals surface area (Å²) in [6.45, 7) is 8.66. The first kappa shape index (κ1) is 15.9. The lowest BCUT2D eigenvalue weighted by Crippen LogP contribution is -2.32. The minimum atomic E-state index is 0.00547. The number of para-hydroxylation sites is 1. The van der Waals surface area contributed by atoms with E-state index in [1.807, 2.05) is 24.3 Å². The summed E-state index contributed by atoms with van der Waals surface area (Å²) in [5.74, 6) is 1.27. The fraction of sp³-hybridized carbons (Fsp3) is 0.474. The zero-order valence-electron chi connectivity index (χ0n) is 14.0. The summed E-state index contributed by atoms with van der Waals surface area (Å²) in [6, 6.07) is 9.59. The van der Waals surface area contributed by atoms with Gasteiger partial charge in [-0.15, -0.1) is 0 Å². The Labute approximate surface area is 137 Å². The largest absolute Gasteiger partial charge is 0.352 e. The molecule has 1 aromatic carbocycles. The quantitative estimate of drug-likeness (QED) is 0.923. The molecule has 3 rings (SSSR count). The minimum Gasteiger partial charge on any atom is -0.352 e. The highest BCUT2D eigenvalue weighted by Crippen LogP contribution is 2.18. The number of hydrogen-bond donors (Lipinski definition) is 1. The number of amides is 1. The molecule has 0 radical (unpaired) electrons. The number of hydrogen-bond acceptors (Lipinski definition) is 3. The number of nitrogens with zero attached hydrogens (tertiary/aromatic N) is 2. The maximum atomic E-state index is 12.5. The van der Waals surface area contributed by atoms with E-state index >= 15 is 0 Å². The number of carbonyl (C=O) groups is 1. The van der Waals surface area contributed by atoms with E-state index in [0.717, 1.165) is 37.1 Å². The number of aromatic nitrogens is 1. The van der Waals surface area contributed by atoms with Gasteiger partial charge in [-0.2, -0.15) is 0 Å². The Morgan fingerprint density at radius 1 is 1.35 bits per heavy atom. The van der Waals surface area contributed by atoms with E-state index in [4.69, 9.17) is 0 Å². The first-order chi connectivity index (χ1) is 11.1. The van der Waals surface area contributed by atoms with Gasteiger partial charge in [-0.25, -0.2) is 0 Å². The molecular weight excluding hydrogens is 286 g/mol. The molecule has 1 aliphatic heterocycles. The molecule has 4 heteroatoms. The molecule has 23 heavy (non-hydrogen) atoms. The Morgan fingerprint density at radius 3 is 3.00 bits per heavy atom. The number of likely N-dealkylation sites (tertiary alicyclic amines) is 1.